The molecule has 0 saturated heterocycles. The molecule has 4 nitrogen and oxygen atoms in total. The first-order valence-corrected chi connectivity index (χ1v) is 24.4. The average Bonchev–Trinajstić information content (AvgIpc) is 3.16. The summed E-state index contributed by atoms with van der Waals surface area (Å²) in [5.41, 5.74) is 17.1. The monoisotopic (exact) mass is 773 g/mol. The molecule has 0 bridgehead atoms. The maximum atomic E-state index is 4.87. The third-order valence-corrected chi connectivity index (χ3v) is 13.8. The van der Waals surface area contributed by atoms with Crippen LogP contribution in [-0.2, 0) is 0 Å². The normalized spacial score (nSPS) is 15.2. The van der Waals surface area contributed by atoms with Crippen LogP contribution >= 0.6 is 0 Å². The number of anilines is 3. The number of pyridine rings is 2. The summed E-state index contributed by atoms with van der Waals surface area (Å²) in [6.45, 7) is 32.1. The van der Waals surface area contributed by atoms with Crippen LogP contribution in [-0.4, -0.2) is 20.1 Å². The van der Waals surface area contributed by atoms with E-state index < -0.39 is 8.07 Å². The van der Waals surface area contributed by atoms with Crippen molar-refractivity contribution in [3.8, 4) is 22.4 Å². The van der Waals surface area contributed by atoms with Gasteiger partial charge in [0.1, 0.15) is 0 Å². The minimum absolute atomic E-state index is 0.155. The SMILES string of the molecule is C=C(/C=C\C)CCC1c2ccccc2-c2cc(-c3cc(C)nc(C)c3)c([Si](C)(C)C)c[n+]2C1CC(=C)N(C)c1ccccc1Nc1c(C(C)C)cccc1C(C)C. The van der Waals surface area contributed by atoms with Crippen LogP contribution in [0.2, 0.25) is 19.6 Å². The topological polar surface area (TPSA) is 32.0 Å². The molecule has 1 aliphatic rings. The summed E-state index contributed by atoms with van der Waals surface area (Å²) in [7, 11) is 0.356. The molecule has 0 saturated carbocycles. The molecule has 2 unspecified atom stereocenters. The summed E-state index contributed by atoms with van der Waals surface area (Å²) in [5, 5.41) is 5.41. The van der Waals surface area contributed by atoms with E-state index in [1.165, 1.54) is 55.5 Å². The van der Waals surface area contributed by atoms with E-state index in [1.807, 2.05) is 0 Å². The van der Waals surface area contributed by atoms with Crippen LogP contribution in [0.4, 0.5) is 17.1 Å². The summed E-state index contributed by atoms with van der Waals surface area (Å²) < 4.78 is 2.64. The van der Waals surface area contributed by atoms with Gasteiger partial charge in [0.2, 0.25) is 5.69 Å². The number of para-hydroxylation sites is 3. The number of hydrogen-bond acceptors (Lipinski definition) is 3. The second kappa shape index (κ2) is 17.2. The first-order chi connectivity index (χ1) is 27.1. The van der Waals surface area contributed by atoms with Crippen molar-refractivity contribution < 1.29 is 4.57 Å². The zero-order valence-corrected chi connectivity index (χ0v) is 37.5. The van der Waals surface area contributed by atoms with Crippen molar-refractivity contribution >= 4 is 30.3 Å². The number of aromatic nitrogens is 2. The number of allylic oxidation sites excluding steroid dienone is 4. The van der Waals surface area contributed by atoms with Crippen LogP contribution in [0.25, 0.3) is 22.4 Å². The molecule has 57 heavy (non-hydrogen) atoms. The minimum Gasteiger partial charge on any atom is -0.353 e. The number of hydrogen-bond donors (Lipinski definition) is 1. The van der Waals surface area contributed by atoms with Crippen molar-refractivity contribution in [2.75, 3.05) is 17.3 Å². The van der Waals surface area contributed by atoms with Crippen LogP contribution in [0, 0.1) is 13.8 Å². The number of nitrogens with one attached hydrogen (secondary N) is 1. The molecule has 2 aromatic heterocycles. The Bertz CT molecular complexity index is 2260. The zero-order chi connectivity index (χ0) is 41.2. The lowest BCUT2D eigenvalue weighted by atomic mass is 9.78. The van der Waals surface area contributed by atoms with Crippen LogP contribution in [0.1, 0.15) is 106 Å². The predicted molar refractivity (Wildman–Crippen MR) is 249 cm³/mol. The maximum Gasteiger partial charge on any atom is 0.213 e. The van der Waals surface area contributed by atoms with Gasteiger partial charge in [-0.25, -0.2) is 0 Å². The molecule has 0 spiro atoms. The molecule has 3 heterocycles. The summed E-state index contributed by atoms with van der Waals surface area (Å²) in [5.74, 6) is 1.06. The van der Waals surface area contributed by atoms with Crippen LogP contribution < -0.4 is 20.0 Å². The Hall–Kier alpha value is -5.00. The van der Waals surface area contributed by atoms with Gasteiger partial charge in [-0.15, -0.1) is 0 Å². The van der Waals surface area contributed by atoms with Crippen molar-refractivity contribution in [2.24, 2.45) is 0 Å². The Kier molecular flexibility index (Phi) is 12.6. The molecule has 0 amide bonds. The van der Waals surface area contributed by atoms with Crippen molar-refractivity contribution in [1.29, 1.82) is 0 Å². The van der Waals surface area contributed by atoms with Crippen molar-refractivity contribution in [2.45, 2.75) is 111 Å². The van der Waals surface area contributed by atoms with Crippen LogP contribution in [0.3, 0.4) is 0 Å². The van der Waals surface area contributed by atoms with Crippen molar-refractivity contribution in [1.82, 2.24) is 4.98 Å². The summed E-state index contributed by atoms with van der Waals surface area (Å²) in [4.78, 5) is 7.07. The van der Waals surface area contributed by atoms with Gasteiger partial charge in [0.25, 0.3) is 0 Å². The van der Waals surface area contributed by atoms with E-state index in [1.54, 1.807) is 0 Å². The molecule has 1 aliphatic heterocycles. The fourth-order valence-corrected chi connectivity index (χ4v) is 10.4. The Labute approximate surface area is 345 Å². The lowest BCUT2D eigenvalue weighted by Gasteiger charge is -2.34. The molecule has 5 aromatic rings. The molecule has 0 fully saturated rings. The first kappa shape index (κ1) is 41.6. The van der Waals surface area contributed by atoms with Gasteiger partial charge in [-0.3, -0.25) is 4.98 Å². The van der Waals surface area contributed by atoms with E-state index in [9.17, 15) is 0 Å². The number of nitrogens with zero attached hydrogens (tertiary/aromatic N) is 3. The lowest BCUT2D eigenvalue weighted by Crippen LogP contribution is -2.53. The van der Waals surface area contributed by atoms with E-state index in [0.717, 1.165) is 47.7 Å². The van der Waals surface area contributed by atoms with E-state index in [0.29, 0.717) is 11.8 Å². The van der Waals surface area contributed by atoms with E-state index in [2.05, 4.69) is 200 Å². The summed E-state index contributed by atoms with van der Waals surface area (Å²) >= 11 is 0. The Morgan fingerprint density at radius 3 is 2.12 bits per heavy atom. The quantitative estimate of drug-likeness (QED) is 0.0693. The van der Waals surface area contributed by atoms with Gasteiger partial charge in [0, 0.05) is 52.6 Å². The fraction of sp³-hybridized carbons (Fsp3) is 0.346. The number of fused-ring (bicyclic) bond motifs is 3. The molecule has 5 heteroatoms. The van der Waals surface area contributed by atoms with Gasteiger partial charge in [-0.05, 0) is 104 Å². The summed E-state index contributed by atoms with van der Waals surface area (Å²) in [6.07, 6.45) is 9.55. The van der Waals surface area contributed by atoms with Crippen LogP contribution in [0.15, 0.2) is 128 Å². The largest absolute Gasteiger partial charge is 0.353 e. The maximum absolute atomic E-state index is 4.87. The highest BCUT2D eigenvalue weighted by Gasteiger charge is 2.42. The van der Waals surface area contributed by atoms with E-state index >= 15 is 0 Å². The molecule has 1 N–H and O–H groups in total. The number of aryl methyl sites for hydroxylation is 2. The third kappa shape index (κ3) is 8.94. The van der Waals surface area contributed by atoms with Crippen molar-refractivity contribution in [3.05, 3.63) is 156 Å². The van der Waals surface area contributed by atoms with Gasteiger partial charge in [-0.1, -0.05) is 127 Å². The predicted octanol–water partition coefficient (Wildman–Crippen LogP) is 13.4. The third-order valence-electron chi connectivity index (χ3n) is 11.8. The molecule has 0 radical (unpaired) electrons. The van der Waals surface area contributed by atoms with Gasteiger partial charge < -0.3 is 10.2 Å². The molecule has 0 aliphatic carbocycles. The molecular weight excluding hydrogens is 709 g/mol. The van der Waals surface area contributed by atoms with Crippen molar-refractivity contribution in [3.63, 3.8) is 0 Å². The fourth-order valence-electron chi connectivity index (χ4n) is 8.84. The summed E-state index contributed by atoms with van der Waals surface area (Å²) in [6, 6.07) is 31.7. The standard InChI is InChI=1S/C52H65N4Si/c1-14-20-36(6)27-28-45-43-21-15-16-22-44(43)50-32-46(40-29-37(7)53-38(8)30-40)51(57(11,12)13)33-56(50)49(45)31-39(9)55(10)48-26-18-17-25-47(48)54-52-41(34(2)3)23-19-24-42(52)35(4)5/h14-26,29-30,32-35,45,49,54H,6,9,27-28,31H2,1-5,7-8,10-13H3/q+1/b20-14-. The molecule has 296 valence electrons. The van der Waals surface area contributed by atoms with Gasteiger partial charge >= 0.3 is 0 Å². The Morgan fingerprint density at radius 2 is 1.49 bits per heavy atom. The van der Waals surface area contributed by atoms with E-state index in [4.69, 9.17) is 11.6 Å². The van der Waals surface area contributed by atoms with Gasteiger partial charge in [0.15, 0.2) is 12.2 Å². The first-order valence-electron chi connectivity index (χ1n) is 20.9. The Morgan fingerprint density at radius 1 is 0.860 bits per heavy atom. The smallest absolute Gasteiger partial charge is 0.213 e. The number of rotatable bonds is 14. The molecule has 3 aromatic carbocycles. The molecule has 6 rings (SSSR count). The molecule has 2 atom stereocenters. The highest BCUT2D eigenvalue weighted by atomic mass is 28.3. The minimum atomic E-state index is -1.84. The average molecular weight is 774 g/mol. The van der Waals surface area contributed by atoms with Gasteiger partial charge in [0.05, 0.1) is 25.9 Å². The van der Waals surface area contributed by atoms with Gasteiger partial charge in [-0.2, -0.15) is 4.57 Å². The second-order valence-corrected chi connectivity index (χ2v) is 22.9. The van der Waals surface area contributed by atoms with Crippen LogP contribution in [0.5, 0.6) is 0 Å². The lowest BCUT2D eigenvalue weighted by molar-refractivity contribution is -0.717. The Balaban J connectivity index is 1.47. The second-order valence-electron chi connectivity index (χ2n) is 17.8. The highest BCUT2D eigenvalue weighted by Crippen LogP contribution is 2.45. The zero-order valence-electron chi connectivity index (χ0n) is 36.5. The number of benzene rings is 3. The van der Waals surface area contributed by atoms with E-state index in [-0.39, 0.29) is 12.0 Å². The highest BCUT2D eigenvalue weighted by molar-refractivity contribution is 6.89. The molecular formula is C52H65N4Si+.